The highest BCUT2D eigenvalue weighted by Crippen LogP contribution is 2.33. The maximum absolute atomic E-state index is 13.0. The third-order valence-electron chi connectivity index (χ3n) is 6.05. The van der Waals surface area contributed by atoms with Crippen LogP contribution < -0.4 is 5.32 Å². The molecule has 0 amide bonds. The molecule has 0 aliphatic carbocycles. The molecule has 0 saturated heterocycles. The molecule has 5 aromatic rings. The Kier molecular flexibility index (Phi) is 6.24. The summed E-state index contributed by atoms with van der Waals surface area (Å²) < 4.78 is 10.8. The second kappa shape index (κ2) is 9.50. The van der Waals surface area contributed by atoms with E-state index in [0.717, 1.165) is 34.5 Å². The van der Waals surface area contributed by atoms with Crippen molar-refractivity contribution in [1.29, 1.82) is 0 Å². The first-order chi connectivity index (χ1) is 17.4. The van der Waals surface area contributed by atoms with Gasteiger partial charge in [0.05, 0.1) is 46.6 Å². The molecule has 0 radical (unpaired) electrons. The number of benzene rings is 1. The standard InChI is InChI=1S/C26H26ClN7O2/c1-5-8-36-26(35)34-22(19-13-30-32(3)15-19)10-18-12-29-25(11-23(18)34)31-21-7-6-17(9-20(21)27)24-14-28-16(2)33(24)4/h6-7,9-15H,5,8H2,1-4H3,(H,29,31). The summed E-state index contributed by atoms with van der Waals surface area (Å²) in [6.07, 6.45) is 7.41. The number of rotatable bonds is 6. The monoisotopic (exact) mass is 503 g/mol. The molecule has 0 fully saturated rings. The maximum atomic E-state index is 13.0. The lowest BCUT2D eigenvalue weighted by molar-refractivity contribution is 0.149. The molecule has 0 aliphatic rings. The Balaban J connectivity index is 1.52. The largest absolute Gasteiger partial charge is 0.449 e. The van der Waals surface area contributed by atoms with Crippen molar-refractivity contribution in [1.82, 2.24) is 28.9 Å². The molecule has 10 heteroatoms. The lowest BCUT2D eigenvalue weighted by Gasteiger charge is -2.12. The molecule has 1 aromatic carbocycles. The molecule has 9 nitrogen and oxygen atoms in total. The fourth-order valence-electron chi connectivity index (χ4n) is 4.07. The Morgan fingerprint density at radius 2 is 1.89 bits per heavy atom. The van der Waals surface area contributed by atoms with Crippen molar-refractivity contribution in [2.75, 3.05) is 11.9 Å². The number of anilines is 2. The second-order valence-corrected chi connectivity index (χ2v) is 8.99. The molecule has 36 heavy (non-hydrogen) atoms. The third kappa shape index (κ3) is 4.33. The van der Waals surface area contributed by atoms with E-state index in [-0.39, 0.29) is 0 Å². The molecule has 0 bridgehead atoms. The van der Waals surface area contributed by atoms with Crippen LogP contribution >= 0.6 is 11.6 Å². The number of imidazole rings is 1. The van der Waals surface area contributed by atoms with E-state index in [1.165, 1.54) is 0 Å². The summed E-state index contributed by atoms with van der Waals surface area (Å²) in [5, 5.41) is 8.88. The zero-order valence-electron chi connectivity index (χ0n) is 20.5. The predicted octanol–water partition coefficient (Wildman–Crippen LogP) is 5.94. The van der Waals surface area contributed by atoms with Gasteiger partial charge in [0.2, 0.25) is 0 Å². The molecular weight excluding hydrogens is 478 g/mol. The van der Waals surface area contributed by atoms with Crippen molar-refractivity contribution in [3.8, 4) is 22.5 Å². The third-order valence-corrected chi connectivity index (χ3v) is 6.36. The zero-order valence-corrected chi connectivity index (χ0v) is 21.2. The van der Waals surface area contributed by atoms with Crippen molar-refractivity contribution >= 4 is 40.1 Å². The van der Waals surface area contributed by atoms with Gasteiger partial charge in [0.15, 0.2) is 0 Å². The van der Waals surface area contributed by atoms with Gasteiger partial charge in [0.1, 0.15) is 11.6 Å². The van der Waals surface area contributed by atoms with E-state index in [9.17, 15) is 4.79 Å². The number of ether oxygens (including phenoxy) is 1. The van der Waals surface area contributed by atoms with E-state index in [1.54, 1.807) is 21.6 Å². The molecule has 0 unspecified atom stereocenters. The molecule has 4 aromatic heterocycles. The Morgan fingerprint density at radius 3 is 2.56 bits per heavy atom. The van der Waals surface area contributed by atoms with Crippen LogP contribution in [0.5, 0.6) is 0 Å². The fraction of sp³-hybridized carbons (Fsp3) is 0.231. The highest BCUT2D eigenvalue weighted by atomic mass is 35.5. The number of hydrogen-bond donors (Lipinski definition) is 1. The molecule has 0 aliphatic heterocycles. The number of fused-ring (bicyclic) bond motifs is 1. The van der Waals surface area contributed by atoms with Gasteiger partial charge in [0, 0.05) is 49.1 Å². The van der Waals surface area contributed by atoms with Gasteiger partial charge in [-0.05, 0) is 31.5 Å². The van der Waals surface area contributed by atoms with Gasteiger partial charge in [-0.1, -0.05) is 24.6 Å². The molecule has 1 N–H and O–H groups in total. The Morgan fingerprint density at radius 1 is 1.06 bits per heavy atom. The first kappa shape index (κ1) is 23.6. The van der Waals surface area contributed by atoms with Crippen molar-refractivity contribution in [3.05, 3.63) is 66.0 Å². The highest BCUT2D eigenvalue weighted by Gasteiger charge is 2.20. The Bertz CT molecular complexity index is 1580. The van der Waals surface area contributed by atoms with E-state index in [2.05, 4.69) is 20.4 Å². The number of carbonyl (C=O) groups is 1. The summed E-state index contributed by atoms with van der Waals surface area (Å²) in [5.74, 6) is 1.47. The quantitative estimate of drug-likeness (QED) is 0.308. The first-order valence-corrected chi connectivity index (χ1v) is 12.0. The van der Waals surface area contributed by atoms with Crippen LogP contribution in [-0.4, -0.2) is 41.6 Å². The minimum absolute atomic E-state index is 0.333. The minimum atomic E-state index is -0.447. The number of nitrogens with one attached hydrogen (secondary N) is 1. The van der Waals surface area contributed by atoms with Crippen LogP contribution in [0.15, 0.2) is 55.1 Å². The molecule has 4 heterocycles. The number of nitrogens with zero attached hydrogens (tertiary/aromatic N) is 6. The second-order valence-electron chi connectivity index (χ2n) is 8.58. The number of halogens is 1. The smallest absolute Gasteiger partial charge is 0.418 e. The van der Waals surface area contributed by atoms with E-state index in [0.29, 0.717) is 34.3 Å². The van der Waals surface area contributed by atoms with E-state index in [1.807, 2.05) is 75.2 Å². The van der Waals surface area contributed by atoms with Crippen molar-refractivity contribution in [3.63, 3.8) is 0 Å². The zero-order chi connectivity index (χ0) is 25.4. The van der Waals surface area contributed by atoms with Crippen LogP contribution in [0.2, 0.25) is 5.02 Å². The number of hydrogen-bond acceptors (Lipinski definition) is 6. The minimum Gasteiger partial charge on any atom is -0.449 e. The number of pyridine rings is 1. The maximum Gasteiger partial charge on any atom is 0.418 e. The van der Waals surface area contributed by atoms with Crippen LogP contribution in [-0.2, 0) is 18.8 Å². The molecular formula is C26H26ClN7O2. The molecule has 0 spiro atoms. The van der Waals surface area contributed by atoms with E-state index < -0.39 is 6.09 Å². The van der Waals surface area contributed by atoms with Gasteiger partial charge >= 0.3 is 6.09 Å². The number of aryl methyl sites for hydroxylation is 2. The topological polar surface area (TPSA) is 91.8 Å². The summed E-state index contributed by atoms with van der Waals surface area (Å²) in [6, 6.07) is 9.51. The van der Waals surface area contributed by atoms with Gasteiger partial charge in [-0.3, -0.25) is 4.68 Å². The lowest BCUT2D eigenvalue weighted by atomic mass is 10.1. The predicted molar refractivity (Wildman–Crippen MR) is 141 cm³/mol. The van der Waals surface area contributed by atoms with Crippen molar-refractivity contribution < 1.29 is 9.53 Å². The molecule has 184 valence electrons. The number of carbonyl (C=O) groups excluding carboxylic acids is 1. The summed E-state index contributed by atoms with van der Waals surface area (Å²) in [4.78, 5) is 22.0. The normalized spacial score (nSPS) is 11.2. The first-order valence-electron chi connectivity index (χ1n) is 11.6. The van der Waals surface area contributed by atoms with Crippen LogP contribution in [0.1, 0.15) is 19.2 Å². The molecule has 0 atom stereocenters. The molecule has 0 saturated carbocycles. The van der Waals surface area contributed by atoms with E-state index >= 15 is 0 Å². The van der Waals surface area contributed by atoms with Gasteiger partial charge in [-0.15, -0.1) is 0 Å². The van der Waals surface area contributed by atoms with Gasteiger partial charge in [0.25, 0.3) is 0 Å². The highest BCUT2D eigenvalue weighted by molar-refractivity contribution is 6.33. The van der Waals surface area contributed by atoms with Crippen LogP contribution in [0.4, 0.5) is 16.3 Å². The van der Waals surface area contributed by atoms with Gasteiger partial charge in [-0.25, -0.2) is 19.3 Å². The number of aromatic nitrogens is 6. The lowest BCUT2D eigenvalue weighted by Crippen LogP contribution is -2.15. The van der Waals surface area contributed by atoms with Crippen molar-refractivity contribution in [2.24, 2.45) is 14.1 Å². The van der Waals surface area contributed by atoms with Gasteiger partial charge < -0.3 is 14.6 Å². The molecule has 5 rings (SSSR count). The average Bonchev–Trinajstić information content (AvgIpc) is 3.55. The van der Waals surface area contributed by atoms with Crippen molar-refractivity contribution in [2.45, 2.75) is 20.3 Å². The van der Waals surface area contributed by atoms with Gasteiger partial charge in [-0.2, -0.15) is 5.10 Å². The van der Waals surface area contributed by atoms with Crippen LogP contribution in [0, 0.1) is 6.92 Å². The summed E-state index contributed by atoms with van der Waals surface area (Å²) in [7, 11) is 3.80. The van der Waals surface area contributed by atoms with Crippen LogP contribution in [0.3, 0.4) is 0 Å². The summed E-state index contributed by atoms with van der Waals surface area (Å²) in [6.45, 7) is 4.25. The fourth-order valence-corrected chi connectivity index (χ4v) is 4.30. The SMILES string of the molecule is CCCOC(=O)n1c(-c2cnn(C)c2)cc2cnc(Nc3ccc(-c4cnc(C)n4C)cc3Cl)cc21. The summed E-state index contributed by atoms with van der Waals surface area (Å²) in [5.41, 5.74) is 4.81. The average molecular weight is 504 g/mol. The Labute approximate surface area is 213 Å². The van der Waals surface area contributed by atoms with Crippen LogP contribution in [0.25, 0.3) is 33.4 Å². The Hall–Kier alpha value is -4.11. The van der Waals surface area contributed by atoms with E-state index in [4.69, 9.17) is 16.3 Å². The summed E-state index contributed by atoms with van der Waals surface area (Å²) >= 11 is 6.62.